The third-order valence-electron chi connectivity index (χ3n) is 3.40. The monoisotopic (exact) mass is 304 g/mol. The molecule has 0 saturated heterocycles. The Bertz CT molecular complexity index is 968. The standard InChI is InChI=1S/C17H12N4O2/c18-8-11-5-6-15(19-9-11)17(23)20-10-12-7-16(22)21-14-4-2-1-3-13(12)14/h1-7,9H,10H2,(H,20,23)(H,21,22). The number of amides is 1. The zero-order chi connectivity index (χ0) is 16.2. The van der Waals surface area contributed by atoms with Crippen LogP contribution in [-0.2, 0) is 6.54 Å². The number of nitrogens with one attached hydrogen (secondary N) is 2. The van der Waals surface area contributed by atoms with E-state index in [9.17, 15) is 9.59 Å². The SMILES string of the molecule is N#Cc1ccc(C(=O)NCc2cc(=O)[nH]c3ccccc23)nc1. The van der Waals surface area contributed by atoms with Gasteiger partial charge < -0.3 is 10.3 Å². The number of nitrogens with zero attached hydrogens (tertiary/aromatic N) is 2. The lowest BCUT2D eigenvalue weighted by molar-refractivity contribution is 0.0946. The summed E-state index contributed by atoms with van der Waals surface area (Å²) in [5, 5.41) is 12.3. The molecule has 0 aliphatic rings. The van der Waals surface area contributed by atoms with Crippen LogP contribution >= 0.6 is 0 Å². The number of fused-ring (bicyclic) bond motifs is 1. The molecular formula is C17H12N4O2. The van der Waals surface area contributed by atoms with Gasteiger partial charge in [-0.15, -0.1) is 0 Å². The number of para-hydroxylation sites is 1. The highest BCUT2D eigenvalue weighted by molar-refractivity contribution is 5.92. The van der Waals surface area contributed by atoms with E-state index in [1.807, 2.05) is 30.3 Å². The van der Waals surface area contributed by atoms with Crippen LogP contribution in [0.15, 0.2) is 53.5 Å². The molecule has 0 spiro atoms. The van der Waals surface area contributed by atoms with Crippen molar-refractivity contribution in [2.45, 2.75) is 6.54 Å². The molecule has 3 aromatic rings. The Morgan fingerprint density at radius 3 is 2.83 bits per heavy atom. The summed E-state index contributed by atoms with van der Waals surface area (Å²) in [6.45, 7) is 0.213. The molecule has 0 radical (unpaired) electrons. The number of H-pyrrole nitrogens is 1. The molecule has 0 unspecified atom stereocenters. The van der Waals surface area contributed by atoms with E-state index in [1.165, 1.54) is 24.4 Å². The van der Waals surface area contributed by atoms with Crippen LogP contribution in [0.3, 0.4) is 0 Å². The lowest BCUT2D eigenvalue weighted by Gasteiger charge is -2.08. The summed E-state index contributed by atoms with van der Waals surface area (Å²) in [5.41, 5.74) is 1.84. The second-order valence-electron chi connectivity index (χ2n) is 4.93. The van der Waals surface area contributed by atoms with Crippen molar-refractivity contribution >= 4 is 16.8 Å². The molecule has 1 amide bonds. The van der Waals surface area contributed by atoms with Gasteiger partial charge in [0.15, 0.2) is 0 Å². The van der Waals surface area contributed by atoms with Gasteiger partial charge in [-0.2, -0.15) is 5.26 Å². The van der Waals surface area contributed by atoms with Crippen molar-refractivity contribution in [3.63, 3.8) is 0 Å². The van der Waals surface area contributed by atoms with Crippen LogP contribution in [0.25, 0.3) is 10.9 Å². The Morgan fingerprint density at radius 2 is 2.09 bits per heavy atom. The summed E-state index contributed by atoms with van der Waals surface area (Å²) in [5.74, 6) is -0.362. The average Bonchev–Trinajstić information content (AvgIpc) is 2.59. The maximum Gasteiger partial charge on any atom is 0.270 e. The number of rotatable bonds is 3. The minimum atomic E-state index is -0.362. The number of carbonyl (C=O) groups is 1. The molecule has 112 valence electrons. The van der Waals surface area contributed by atoms with Gasteiger partial charge >= 0.3 is 0 Å². The Hall–Kier alpha value is -3.46. The zero-order valence-electron chi connectivity index (χ0n) is 12.0. The van der Waals surface area contributed by atoms with Crippen LogP contribution in [-0.4, -0.2) is 15.9 Å². The van der Waals surface area contributed by atoms with Crippen molar-refractivity contribution in [2.75, 3.05) is 0 Å². The Labute approximate surface area is 131 Å². The van der Waals surface area contributed by atoms with Crippen LogP contribution in [0.5, 0.6) is 0 Å². The Morgan fingerprint density at radius 1 is 1.26 bits per heavy atom. The van der Waals surface area contributed by atoms with Gasteiger partial charge in [0.1, 0.15) is 11.8 Å². The van der Waals surface area contributed by atoms with Crippen LogP contribution in [0.1, 0.15) is 21.6 Å². The summed E-state index contributed by atoms with van der Waals surface area (Å²) in [7, 11) is 0. The summed E-state index contributed by atoms with van der Waals surface area (Å²) in [4.78, 5) is 30.5. The molecule has 2 heterocycles. The van der Waals surface area contributed by atoms with Crippen molar-refractivity contribution in [3.05, 3.63) is 75.8 Å². The molecule has 0 fully saturated rings. The molecular weight excluding hydrogens is 292 g/mol. The fraction of sp³-hybridized carbons (Fsp3) is 0.0588. The second-order valence-corrected chi connectivity index (χ2v) is 4.93. The summed E-state index contributed by atoms with van der Waals surface area (Å²) < 4.78 is 0. The van der Waals surface area contributed by atoms with E-state index in [0.29, 0.717) is 5.56 Å². The molecule has 0 atom stereocenters. The van der Waals surface area contributed by atoms with E-state index in [4.69, 9.17) is 5.26 Å². The highest BCUT2D eigenvalue weighted by Crippen LogP contribution is 2.14. The Kier molecular flexibility index (Phi) is 3.85. The van der Waals surface area contributed by atoms with Crippen molar-refractivity contribution in [3.8, 4) is 6.07 Å². The summed E-state index contributed by atoms with van der Waals surface area (Å²) in [6.07, 6.45) is 1.34. The van der Waals surface area contributed by atoms with Gasteiger partial charge in [0.05, 0.1) is 5.56 Å². The number of hydrogen-bond acceptors (Lipinski definition) is 4. The minimum Gasteiger partial charge on any atom is -0.347 e. The van der Waals surface area contributed by atoms with Crippen LogP contribution in [0.4, 0.5) is 0 Å². The van der Waals surface area contributed by atoms with E-state index < -0.39 is 0 Å². The maximum atomic E-state index is 12.1. The van der Waals surface area contributed by atoms with E-state index in [-0.39, 0.29) is 23.7 Å². The summed E-state index contributed by atoms with van der Waals surface area (Å²) >= 11 is 0. The normalized spacial score (nSPS) is 10.2. The highest BCUT2D eigenvalue weighted by atomic mass is 16.2. The third-order valence-corrected chi connectivity index (χ3v) is 3.40. The molecule has 2 N–H and O–H groups in total. The molecule has 6 heteroatoms. The number of hydrogen-bond donors (Lipinski definition) is 2. The molecule has 1 aromatic carbocycles. The van der Waals surface area contributed by atoms with Gasteiger partial charge in [0, 0.05) is 29.7 Å². The highest BCUT2D eigenvalue weighted by Gasteiger charge is 2.09. The van der Waals surface area contributed by atoms with Gasteiger partial charge in [0.25, 0.3) is 5.91 Å². The quantitative estimate of drug-likeness (QED) is 0.769. The molecule has 2 aromatic heterocycles. The number of aromatic amines is 1. The second kappa shape index (κ2) is 6.12. The smallest absolute Gasteiger partial charge is 0.270 e. The summed E-state index contributed by atoms with van der Waals surface area (Å²) in [6, 6.07) is 13.8. The number of benzene rings is 1. The first-order chi connectivity index (χ1) is 11.2. The van der Waals surface area contributed by atoms with Crippen molar-refractivity contribution < 1.29 is 4.79 Å². The van der Waals surface area contributed by atoms with Crippen molar-refractivity contribution in [1.29, 1.82) is 5.26 Å². The number of aromatic nitrogens is 2. The zero-order valence-corrected chi connectivity index (χ0v) is 12.0. The van der Waals surface area contributed by atoms with Gasteiger partial charge in [-0.25, -0.2) is 4.98 Å². The predicted molar refractivity (Wildman–Crippen MR) is 84.7 cm³/mol. The minimum absolute atomic E-state index is 0.213. The molecule has 23 heavy (non-hydrogen) atoms. The third kappa shape index (κ3) is 3.09. The predicted octanol–water partition coefficient (Wildman–Crippen LogP) is 1.72. The van der Waals surface area contributed by atoms with Gasteiger partial charge in [-0.05, 0) is 23.8 Å². The van der Waals surface area contributed by atoms with Gasteiger partial charge in [-0.1, -0.05) is 18.2 Å². The topological polar surface area (TPSA) is 98.6 Å². The molecule has 0 aliphatic carbocycles. The first kappa shape index (κ1) is 14.5. The molecule has 3 rings (SSSR count). The molecule has 0 saturated carbocycles. The van der Waals surface area contributed by atoms with Crippen LogP contribution in [0.2, 0.25) is 0 Å². The van der Waals surface area contributed by atoms with Crippen molar-refractivity contribution in [2.24, 2.45) is 0 Å². The first-order valence-corrected chi connectivity index (χ1v) is 6.92. The van der Waals surface area contributed by atoms with E-state index in [1.54, 1.807) is 0 Å². The maximum absolute atomic E-state index is 12.1. The largest absolute Gasteiger partial charge is 0.347 e. The number of carbonyl (C=O) groups excluding carboxylic acids is 1. The average molecular weight is 304 g/mol. The number of nitriles is 1. The van der Waals surface area contributed by atoms with E-state index in [0.717, 1.165) is 16.5 Å². The fourth-order valence-corrected chi connectivity index (χ4v) is 2.28. The number of pyridine rings is 2. The molecule has 0 bridgehead atoms. The first-order valence-electron chi connectivity index (χ1n) is 6.92. The lowest BCUT2D eigenvalue weighted by Crippen LogP contribution is -2.24. The van der Waals surface area contributed by atoms with Crippen molar-refractivity contribution in [1.82, 2.24) is 15.3 Å². The molecule has 0 aliphatic heterocycles. The van der Waals surface area contributed by atoms with Crippen LogP contribution in [0, 0.1) is 11.3 Å². The van der Waals surface area contributed by atoms with E-state index in [2.05, 4.69) is 15.3 Å². The Balaban J connectivity index is 1.81. The van der Waals surface area contributed by atoms with Crippen LogP contribution < -0.4 is 10.9 Å². The van der Waals surface area contributed by atoms with Gasteiger partial charge in [0.2, 0.25) is 5.56 Å². The van der Waals surface area contributed by atoms with E-state index >= 15 is 0 Å². The molecule has 6 nitrogen and oxygen atoms in total. The van der Waals surface area contributed by atoms with Gasteiger partial charge in [-0.3, -0.25) is 9.59 Å². The lowest BCUT2D eigenvalue weighted by atomic mass is 10.1. The fourth-order valence-electron chi connectivity index (χ4n) is 2.28.